The van der Waals surface area contributed by atoms with E-state index in [0.717, 1.165) is 6.54 Å². The maximum absolute atomic E-state index is 11.9. The van der Waals surface area contributed by atoms with Crippen LogP contribution >= 0.6 is 0 Å². The van der Waals surface area contributed by atoms with Gasteiger partial charge in [0, 0.05) is 12.5 Å². The Hall–Kier alpha value is -2.08. The molecule has 6 heteroatoms. The van der Waals surface area contributed by atoms with Gasteiger partial charge < -0.3 is 20.5 Å². The summed E-state index contributed by atoms with van der Waals surface area (Å²) in [5.41, 5.74) is 0.460. The molecule has 0 aliphatic carbocycles. The highest BCUT2D eigenvalue weighted by molar-refractivity contribution is 5.95. The highest BCUT2D eigenvalue weighted by Crippen LogP contribution is 2.25. The van der Waals surface area contributed by atoms with Gasteiger partial charge in [0.1, 0.15) is 5.75 Å². The van der Waals surface area contributed by atoms with Crippen LogP contribution in [0.1, 0.15) is 30.6 Å². The topological polar surface area (TPSA) is 87.7 Å². The highest BCUT2D eigenvalue weighted by atomic mass is 16.5. The third kappa shape index (κ3) is 4.55. The van der Waals surface area contributed by atoms with E-state index in [9.17, 15) is 9.59 Å². The van der Waals surface area contributed by atoms with Gasteiger partial charge in [-0.2, -0.15) is 0 Å². The number of carbonyl (C=O) groups is 2. The summed E-state index contributed by atoms with van der Waals surface area (Å²) in [7, 11) is 1.46. The van der Waals surface area contributed by atoms with Crippen LogP contribution in [0.25, 0.3) is 0 Å². The van der Waals surface area contributed by atoms with Crippen LogP contribution in [-0.4, -0.2) is 36.7 Å². The van der Waals surface area contributed by atoms with Gasteiger partial charge in [0.15, 0.2) is 0 Å². The van der Waals surface area contributed by atoms with E-state index < -0.39 is 5.97 Å². The third-order valence-corrected chi connectivity index (χ3v) is 2.76. The Balaban J connectivity index is 2.81. The zero-order valence-corrected chi connectivity index (χ0v) is 11.9. The largest absolute Gasteiger partial charge is 0.495 e. The molecular weight excluding hydrogens is 260 g/mol. The van der Waals surface area contributed by atoms with E-state index in [1.165, 1.54) is 25.3 Å². The van der Waals surface area contributed by atoms with Gasteiger partial charge in [-0.15, -0.1) is 0 Å². The second kappa shape index (κ2) is 7.49. The van der Waals surface area contributed by atoms with Crippen molar-refractivity contribution in [2.45, 2.75) is 26.3 Å². The lowest BCUT2D eigenvalue weighted by Crippen LogP contribution is -2.30. The van der Waals surface area contributed by atoms with E-state index >= 15 is 0 Å². The van der Waals surface area contributed by atoms with Crippen molar-refractivity contribution in [2.24, 2.45) is 0 Å². The summed E-state index contributed by atoms with van der Waals surface area (Å²) in [4.78, 5) is 22.8. The van der Waals surface area contributed by atoms with E-state index in [0.29, 0.717) is 17.9 Å². The lowest BCUT2D eigenvalue weighted by molar-refractivity contribution is -0.116. The Morgan fingerprint density at radius 1 is 1.40 bits per heavy atom. The van der Waals surface area contributed by atoms with Crippen molar-refractivity contribution in [1.82, 2.24) is 5.32 Å². The quantitative estimate of drug-likeness (QED) is 0.708. The summed E-state index contributed by atoms with van der Waals surface area (Å²) in [6.07, 6.45) is 0.300. The zero-order chi connectivity index (χ0) is 15.1. The number of anilines is 1. The van der Waals surface area contributed by atoms with Crippen molar-refractivity contribution in [1.29, 1.82) is 0 Å². The Morgan fingerprint density at radius 3 is 2.65 bits per heavy atom. The summed E-state index contributed by atoms with van der Waals surface area (Å²) < 4.78 is 5.11. The van der Waals surface area contributed by atoms with Crippen LogP contribution in [-0.2, 0) is 4.79 Å². The first-order valence-corrected chi connectivity index (χ1v) is 6.42. The van der Waals surface area contributed by atoms with E-state index in [1.807, 2.05) is 13.8 Å². The molecule has 6 nitrogen and oxygen atoms in total. The summed E-state index contributed by atoms with van der Waals surface area (Å²) >= 11 is 0. The van der Waals surface area contributed by atoms with Crippen LogP contribution in [0.2, 0.25) is 0 Å². The third-order valence-electron chi connectivity index (χ3n) is 2.76. The summed E-state index contributed by atoms with van der Waals surface area (Å²) in [5.74, 6) is -0.817. The standard InChI is InChI=1S/C14H20N2O4/c1-4-15-9(2)7-13(17)16-11-8-10(14(18)19)5-6-12(11)20-3/h5-6,8-9,15H,4,7H2,1-3H3,(H,16,17)(H,18,19). The van der Waals surface area contributed by atoms with E-state index in [1.54, 1.807) is 0 Å². The molecule has 0 heterocycles. The first-order valence-electron chi connectivity index (χ1n) is 6.42. The summed E-state index contributed by atoms with van der Waals surface area (Å²) in [6, 6.07) is 4.38. The molecule has 0 fully saturated rings. The fourth-order valence-corrected chi connectivity index (χ4v) is 1.84. The zero-order valence-electron chi connectivity index (χ0n) is 11.9. The van der Waals surface area contributed by atoms with Crippen LogP contribution in [0.15, 0.2) is 18.2 Å². The van der Waals surface area contributed by atoms with Crippen molar-refractivity contribution in [3.05, 3.63) is 23.8 Å². The maximum Gasteiger partial charge on any atom is 0.335 e. The summed E-state index contributed by atoms with van der Waals surface area (Å²) in [6.45, 7) is 4.66. The van der Waals surface area contributed by atoms with E-state index in [4.69, 9.17) is 9.84 Å². The monoisotopic (exact) mass is 280 g/mol. The fraction of sp³-hybridized carbons (Fsp3) is 0.429. The van der Waals surface area contributed by atoms with Gasteiger partial charge >= 0.3 is 5.97 Å². The molecule has 110 valence electrons. The number of aromatic carboxylic acids is 1. The van der Waals surface area contributed by atoms with Gasteiger partial charge in [-0.1, -0.05) is 6.92 Å². The van der Waals surface area contributed by atoms with Gasteiger partial charge in [0.25, 0.3) is 0 Å². The molecular formula is C14H20N2O4. The predicted octanol–water partition coefficient (Wildman–Crippen LogP) is 1.72. The molecule has 0 aliphatic rings. The van der Waals surface area contributed by atoms with Crippen LogP contribution in [0.3, 0.4) is 0 Å². The van der Waals surface area contributed by atoms with E-state index in [2.05, 4.69) is 10.6 Å². The number of carboxylic acids is 1. The molecule has 1 rings (SSSR count). The van der Waals surface area contributed by atoms with Gasteiger partial charge in [-0.3, -0.25) is 4.79 Å². The smallest absolute Gasteiger partial charge is 0.335 e. The molecule has 0 radical (unpaired) electrons. The van der Waals surface area contributed by atoms with E-state index in [-0.39, 0.29) is 17.5 Å². The highest BCUT2D eigenvalue weighted by Gasteiger charge is 2.13. The number of rotatable bonds is 7. The van der Waals surface area contributed by atoms with Crippen LogP contribution in [0.4, 0.5) is 5.69 Å². The minimum Gasteiger partial charge on any atom is -0.495 e. The number of amides is 1. The van der Waals surface area contributed by atoms with Crippen LogP contribution in [0, 0.1) is 0 Å². The SMILES string of the molecule is CCNC(C)CC(=O)Nc1cc(C(=O)O)ccc1OC. The number of hydrogen-bond donors (Lipinski definition) is 3. The van der Waals surface area contributed by atoms with Crippen molar-refractivity contribution in [2.75, 3.05) is 19.0 Å². The minimum atomic E-state index is -1.05. The number of ether oxygens (including phenoxy) is 1. The minimum absolute atomic E-state index is 0.0497. The average molecular weight is 280 g/mol. The fourth-order valence-electron chi connectivity index (χ4n) is 1.84. The number of benzene rings is 1. The molecule has 0 saturated carbocycles. The molecule has 20 heavy (non-hydrogen) atoms. The van der Waals surface area contributed by atoms with Crippen LogP contribution < -0.4 is 15.4 Å². The molecule has 3 N–H and O–H groups in total. The van der Waals surface area contributed by atoms with Crippen LogP contribution in [0.5, 0.6) is 5.75 Å². The van der Waals surface area contributed by atoms with Crippen molar-refractivity contribution >= 4 is 17.6 Å². The number of methoxy groups -OCH3 is 1. The molecule has 1 unspecified atom stereocenters. The van der Waals surface area contributed by atoms with Crippen molar-refractivity contribution < 1.29 is 19.4 Å². The molecule has 0 spiro atoms. The van der Waals surface area contributed by atoms with Gasteiger partial charge in [-0.25, -0.2) is 4.79 Å². The maximum atomic E-state index is 11.9. The van der Waals surface area contributed by atoms with Crippen molar-refractivity contribution in [3.63, 3.8) is 0 Å². The summed E-state index contributed by atoms with van der Waals surface area (Å²) in [5, 5.41) is 14.8. The number of nitrogens with one attached hydrogen (secondary N) is 2. The second-order valence-corrected chi connectivity index (χ2v) is 4.43. The molecule has 0 bridgehead atoms. The molecule has 0 aromatic heterocycles. The predicted molar refractivity (Wildman–Crippen MR) is 76.3 cm³/mol. The van der Waals surface area contributed by atoms with Gasteiger partial charge in [-0.05, 0) is 31.7 Å². The lowest BCUT2D eigenvalue weighted by atomic mass is 10.1. The molecule has 1 aromatic carbocycles. The Bertz CT molecular complexity index is 488. The van der Waals surface area contributed by atoms with Gasteiger partial charge in [0.05, 0.1) is 18.4 Å². The number of hydrogen-bond acceptors (Lipinski definition) is 4. The second-order valence-electron chi connectivity index (χ2n) is 4.43. The number of carbonyl (C=O) groups excluding carboxylic acids is 1. The molecule has 0 saturated heterocycles. The Kier molecular flexibility index (Phi) is 5.99. The van der Waals surface area contributed by atoms with Crippen molar-refractivity contribution in [3.8, 4) is 5.75 Å². The Labute approximate surface area is 118 Å². The lowest BCUT2D eigenvalue weighted by Gasteiger charge is -2.14. The normalized spacial score (nSPS) is 11.8. The first-order chi connectivity index (χ1) is 9.47. The Morgan fingerprint density at radius 2 is 2.10 bits per heavy atom. The molecule has 1 aromatic rings. The average Bonchev–Trinajstić information content (AvgIpc) is 2.38. The van der Waals surface area contributed by atoms with Gasteiger partial charge in [0.2, 0.25) is 5.91 Å². The first kappa shape index (κ1) is 16.0. The number of carboxylic acid groups (broad SMARTS) is 1. The molecule has 0 aliphatic heterocycles. The molecule has 1 atom stereocenters. The molecule has 1 amide bonds.